The van der Waals surface area contributed by atoms with Gasteiger partial charge in [0.25, 0.3) is 0 Å². The van der Waals surface area contributed by atoms with Crippen molar-refractivity contribution in [3.63, 3.8) is 0 Å². The van der Waals surface area contributed by atoms with Gasteiger partial charge in [0.15, 0.2) is 0 Å². The third kappa shape index (κ3) is 1.28. The summed E-state index contributed by atoms with van der Waals surface area (Å²) in [7, 11) is 0. The minimum absolute atomic E-state index is 0.323. The van der Waals surface area contributed by atoms with Gasteiger partial charge in [-0.1, -0.05) is 12.2 Å². The zero-order valence-corrected chi connectivity index (χ0v) is 7.32. The summed E-state index contributed by atoms with van der Waals surface area (Å²) in [5, 5.41) is 12.3. The van der Waals surface area contributed by atoms with E-state index >= 15 is 0 Å². The molecule has 0 saturated carbocycles. The number of phenols is 1. The van der Waals surface area contributed by atoms with Gasteiger partial charge < -0.3 is 10.4 Å². The molecule has 0 aliphatic carbocycles. The number of phenolic OH excluding ortho intramolecular Hbond substituents is 1. The van der Waals surface area contributed by atoms with Gasteiger partial charge in [-0.2, -0.15) is 0 Å². The lowest BCUT2D eigenvalue weighted by molar-refractivity contribution is 0.474. The molecule has 0 aromatic heterocycles. The number of benzene rings is 1. The minimum atomic E-state index is 0.323. The predicted octanol–water partition coefficient (Wildman–Crippen LogP) is 2.08. The molecule has 0 saturated heterocycles. The summed E-state index contributed by atoms with van der Waals surface area (Å²) in [4.78, 5) is 0.883. The van der Waals surface area contributed by atoms with Crippen molar-refractivity contribution in [1.82, 2.24) is 0 Å². The average Bonchev–Trinajstić information content (AvgIpc) is 2.05. The highest BCUT2D eigenvalue weighted by molar-refractivity contribution is 7.80. The van der Waals surface area contributed by atoms with Crippen LogP contribution in [0.25, 0.3) is 0 Å². The number of aryl methyl sites for hydroxylation is 1. The first-order valence-corrected chi connectivity index (χ1v) is 4.28. The highest BCUT2D eigenvalue weighted by atomic mass is 32.1. The van der Waals surface area contributed by atoms with E-state index in [0.29, 0.717) is 5.75 Å². The Kier molecular flexibility index (Phi) is 1.73. The Labute approximate surface area is 76.2 Å². The summed E-state index contributed by atoms with van der Waals surface area (Å²) >= 11 is 5.04. The smallest absolute Gasteiger partial charge is 0.116 e. The zero-order chi connectivity index (χ0) is 8.55. The van der Waals surface area contributed by atoms with E-state index in [9.17, 15) is 5.11 Å². The van der Waals surface area contributed by atoms with Crippen LogP contribution in [-0.4, -0.2) is 10.1 Å². The fraction of sp³-hybridized carbons (Fsp3) is 0.222. The highest BCUT2D eigenvalue weighted by Gasteiger charge is 2.11. The van der Waals surface area contributed by atoms with Crippen LogP contribution < -0.4 is 5.32 Å². The molecular formula is C9H9NOS. The summed E-state index contributed by atoms with van der Waals surface area (Å²) in [5.41, 5.74) is 2.17. The second-order valence-corrected chi connectivity index (χ2v) is 3.38. The highest BCUT2D eigenvalue weighted by Crippen LogP contribution is 2.26. The van der Waals surface area contributed by atoms with Crippen molar-refractivity contribution in [3.8, 4) is 5.75 Å². The second kappa shape index (κ2) is 2.75. The number of fused-ring (bicyclic) bond motifs is 1. The van der Waals surface area contributed by atoms with Gasteiger partial charge in [0, 0.05) is 12.1 Å². The van der Waals surface area contributed by atoms with Crippen LogP contribution in [0, 0.1) is 0 Å². The van der Waals surface area contributed by atoms with Gasteiger partial charge in [0.2, 0.25) is 0 Å². The molecule has 0 bridgehead atoms. The van der Waals surface area contributed by atoms with E-state index in [1.807, 2.05) is 6.07 Å². The van der Waals surface area contributed by atoms with Crippen LogP contribution in [0.5, 0.6) is 5.75 Å². The molecule has 62 valence electrons. The maximum Gasteiger partial charge on any atom is 0.116 e. The third-order valence-corrected chi connectivity index (χ3v) is 2.29. The lowest BCUT2D eigenvalue weighted by Crippen LogP contribution is -2.16. The molecule has 1 heterocycles. The monoisotopic (exact) mass is 179 g/mol. The number of anilines is 1. The van der Waals surface area contributed by atoms with E-state index in [1.165, 1.54) is 0 Å². The van der Waals surface area contributed by atoms with E-state index in [-0.39, 0.29) is 0 Å². The van der Waals surface area contributed by atoms with E-state index < -0.39 is 0 Å². The van der Waals surface area contributed by atoms with Gasteiger partial charge >= 0.3 is 0 Å². The molecule has 2 rings (SSSR count). The minimum Gasteiger partial charge on any atom is -0.508 e. The van der Waals surface area contributed by atoms with Crippen LogP contribution in [0.1, 0.15) is 12.0 Å². The van der Waals surface area contributed by atoms with Gasteiger partial charge in [0.05, 0.1) is 4.99 Å². The van der Waals surface area contributed by atoms with Gasteiger partial charge in [-0.05, 0) is 30.2 Å². The van der Waals surface area contributed by atoms with Crippen LogP contribution in [-0.2, 0) is 6.42 Å². The van der Waals surface area contributed by atoms with Gasteiger partial charge in [-0.3, -0.25) is 0 Å². The average molecular weight is 179 g/mol. The van der Waals surface area contributed by atoms with Gasteiger partial charge in [-0.15, -0.1) is 0 Å². The SMILES string of the molecule is Oc1ccc2c(c1)CCC(=S)N2. The first-order valence-electron chi connectivity index (χ1n) is 3.87. The van der Waals surface area contributed by atoms with E-state index in [4.69, 9.17) is 12.2 Å². The van der Waals surface area contributed by atoms with Crippen LogP contribution in [0.4, 0.5) is 5.69 Å². The van der Waals surface area contributed by atoms with Crippen LogP contribution in [0.2, 0.25) is 0 Å². The maximum absolute atomic E-state index is 9.19. The lowest BCUT2D eigenvalue weighted by atomic mass is 10.0. The van der Waals surface area contributed by atoms with Crippen molar-refractivity contribution < 1.29 is 5.11 Å². The summed E-state index contributed by atoms with van der Waals surface area (Å²) < 4.78 is 0. The fourth-order valence-corrected chi connectivity index (χ4v) is 1.58. The van der Waals surface area contributed by atoms with Gasteiger partial charge in [0.1, 0.15) is 5.75 Å². The number of rotatable bonds is 0. The van der Waals surface area contributed by atoms with Crippen molar-refractivity contribution >= 4 is 22.9 Å². The molecule has 1 aliphatic rings. The third-order valence-electron chi connectivity index (χ3n) is 1.98. The Morgan fingerprint density at radius 3 is 3.00 bits per heavy atom. The first-order chi connectivity index (χ1) is 5.75. The standard InChI is InChI=1S/C9H9NOS/c11-7-2-3-8-6(5-7)1-4-9(12)10-8/h2-3,5,11H,1,4H2,(H,10,12). The molecule has 0 radical (unpaired) electrons. The molecule has 12 heavy (non-hydrogen) atoms. The molecule has 2 N–H and O–H groups in total. The lowest BCUT2D eigenvalue weighted by Gasteiger charge is -2.18. The number of aromatic hydroxyl groups is 1. The van der Waals surface area contributed by atoms with Crippen molar-refractivity contribution in [2.75, 3.05) is 5.32 Å². The molecule has 1 aliphatic heterocycles. The first kappa shape index (κ1) is 7.55. The van der Waals surface area contributed by atoms with Crippen LogP contribution >= 0.6 is 12.2 Å². The number of thiocarbonyl (C=S) groups is 1. The predicted molar refractivity (Wildman–Crippen MR) is 52.6 cm³/mol. The number of hydrogen-bond donors (Lipinski definition) is 2. The molecule has 0 fully saturated rings. The molecule has 3 heteroatoms. The second-order valence-electron chi connectivity index (χ2n) is 2.89. The van der Waals surface area contributed by atoms with Crippen molar-refractivity contribution in [2.24, 2.45) is 0 Å². The molecule has 0 unspecified atom stereocenters. The number of nitrogens with one attached hydrogen (secondary N) is 1. The van der Waals surface area contributed by atoms with Crippen LogP contribution in [0.3, 0.4) is 0 Å². The Morgan fingerprint density at radius 2 is 2.17 bits per heavy atom. The summed E-state index contributed by atoms with van der Waals surface area (Å²) in [6.07, 6.45) is 1.81. The van der Waals surface area contributed by atoms with Crippen molar-refractivity contribution in [2.45, 2.75) is 12.8 Å². The molecule has 0 atom stereocenters. The van der Waals surface area contributed by atoms with Crippen molar-refractivity contribution in [1.29, 1.82) is 0 Å². The zero-order valence-electron chi connectivity index (χ0n) is 6.50. The van der Waals surface area contributed by atoms with Crippen molar-refractivity contribution in [3.05, 3.63) is 23.8 Å². The van der Waals surface area contributed by atoms with E-state index in [2.05, 4.69) is 5.32 Å². The molecule has 1 aromatic rings. The van der Waals surface area contributed by atoms with Crippen LogP contribution in [0.15, 0.2) is 18.2 Å². The Morgan fingerprint density at radius 1 is 1.33 bits per heavy atom. The van der Waals surface area contributed by atoms with E-state index in [0.717, 1.165) is 29.1 Å². The summed E-state index contributed by atoms with van der Waals surface area (Å²) in [6.45, 7) is 0. The van der Waals surface area contributed by atoms with E-state index in [1.54, 1.807) is 12.1 Å². The Hall–Kier alpha value is -1.09. The normalized spacial score (nSPS) is 15.2. The summed E-state index contributed by atoms with van der Waals surface area (Å²) in [5.74, 6) is 0.323. The topological polar surface area (TPSA) is 32.3 Å². The fourth-order valence-electron chi connectivity index (χ4n) is 1.37. The molecule has 0 amide bonds. The number of hydrogen-bond acceptors (Lipinski definition) is 2. The molecular weight excluding hydrogens is 170 g/mol. The summed E-state index contributed by atoms with van der Waals surface area (Å²) in [6, 6.07) is 5.31. The Bertz CT molecular complexity index is 335. The molecule has 0 spiro atoms. The maximum atomic E-state index is 9.19. The molecule has 2 nitrogen and oxygen atoms in total. The quantitative estimate of drug-likeness (QED) is 0.472. The Balaban J connectivity index is 2.43. The largest absolute Gasteiger partial charge is 0.508 e. The molecule has 1 aromatic carbocycles. The van der Waals surface area contributed by atoms with Gasteiger partial charge in [-0.25, -0.2) is 0 Å².